The second kappa shape index (κ2) is 12.9. The van der Waals surface area contributed by atoms with Gasteiger partial charge in [-0.2, -0.15) is 0 Å². The molecule has 0 bridgehead atoms. The van der Waals surface area contributed by atoms with Gasteiger partial charge in [-0.05, 0) is 38.8 Å². The molecule has 2 rings (SSSR count). The Bertz CT molecular complexity index is 662. The van der Waals surface area contributed by atoms with Crippen LogP contribution in [0.25, 0.3) is 0 Å². The van der Waals surface area contributed by atoms with Gasteiger partial charge in [0.25, 0.3) is 0 Å². The minimum atomic E-state index is 0. The van der Waals surface area contributed by atoms with Gasteiger partial charge in [0, 0.05) is 47.2 Å². The van der Waals surface area contributed by atoms with E-state index >= 15 is 0 Å². The number of nitrogens with one attached hydrogen (secondary N) is 2. The fourth-order valence-corrected chi connectivity index (χ4v) is 2.97. The van der Waals surface area contributed by atoms with Crippen molar-refractivity contribution in [3.63, 3.8) is 0 Å². The van der Waals surface area contributed by atoms with Crippen LogP contribution in [0.15, 0.2) is 24.3 Å². The molecule has 0 saturated heterocycles. The molecule has 0 spiro atoms. The molecular formula is C20H26MoN2O4-6. The van der Waals surface area contributed by atoms with E-state index in [9.17, 15) is 10.2 Å². The van der Waals surface area contributed by atoms with Crippen LogP contribution in [-0.4, -0.2) is 13.1 Å². The average Bonchev–Trinajstić information content (AvgIpc) is 2.51. The Labute approximate surface area is 175 Å². The summed E-state index contributed by atoms with van der Waals surface area (Å²) in [5.41, 5.74) is 5.43. The molecule has 2 N–H and O–H groups in total. The fourth-order valence-electron chi connectivity index (χ4n) is 2.97. The van der Waals surface area contributed by atoms with Gasteiger partial charge in [0.2, 0.25) is 0 Å². The predicted molar refractivity (Wildman–Crippen MR) is 95.5 cm³/mol. The molecule has 0 aliphatic carbocycles. The van der Waals surface area contributed by atoms with Gasteiger partial charge in [-0.15, -0.1) is 11.5 Å². The van der Waals surface area contributed by atoms with E-state index in [1.165, 1.54) is 0 Å². The first kappa shape index (κ1) is 27.8. The van der Waals surface area contributed by atoms with Gasteiger partial charge in [0.05, 0.1) is 0 Å². The van der Waals surface area contributed by atoms with E-state index in [-0.39, 0.29) is 43.5 Å². The molecule has 0 fully saturated rings. The zero-order chi connectivity index (χ0) is 17.7. The van der Waals surface area contributed by atoms with E-state index in [0.717, 1.165) is 46.5 Å². The summed E-state index contributed by atoms with van der Waals surface area (Å²) < 4.78 is 0. The van der Waals surface area contributed by atoms with E-state index in [0.29, 0.717) is 13.1 Å². The average molecular weight is 454 g/mol. The summed E-state index contributed by atoms with van der Waals surface area (Å²) in [6, 6.07) is 7.71. The maximum Gasteiger partial charge on any atom is 0.0200 e. The van der Waals surface area contributed by atoms with Crippen LogP contribution in [0.1, 0.15) is 33.4 Å². The summed E-state index contributed by atoms with van der Waals surface area (Å²) in [6.45, 7) is 10.3. The fraction of sp³-hybridized carbons (Fsp3) is 0.400. The number of rotatable bonds is 7. The summed E-state index contributed by atoms with van der Waals surface area (Å²) in [5, 5.41) is 30.6. The molecule has 152 valence electrons. The van der Waals surface area contributed by atoms with Gasteiger partial charge in [0.15, 0.2) is 0 Å². The second-order valence-corrected chi connectivity index (χ2v) is 6.49. The van der Waals surface area contributed by atoms with Crippen molar-refractivity contribution in [2.75, 3.05) is 13.1 Å². The van der Waals surface area contributed by atoms with Crippen molar-refractivity contribution in [2.24, 2.45) is 0 Å². The van der Waals surface area contributed by atoms with Gasteiger partial charge in [-0.25, -0.2) is 0 Å². The van der Waals surface area contributed by atoms with Crippen LogP contribution < -0.4 is 20.8 Å². The maximum absolute atomic E-state index is 12.0. The number of hydrogen-bond acceptors (Lipinski definition) is 4. The van der Waals surface area contributed by atoms with Crippen molar-refractivity contribution in [1.29, 1.82) is 0 Å². The van der Waals surface area contributed by atoms with Gasteiger partial charge in [-0.1, -0.05) is 46.5 Å². The molecule has 2 aromatic rings. The minimum Gasteiger partial charge on any atom is -2.00 e. The third-order valence-electron chi connectivity index (χ3n) is 4.10. The maximum atomic E-state index is 12.0. The Hall–Kier alpha value is -1.43. The van der Waals surface area contributed by atoms with Crippen molar-refractivity contribution in [1.82, 2.24) is 10.6 Å². The smallest absolute Gasteiger partial charge is 0.0200 e. The summed E-state index contributed by atoms with van der Waals surface area (Å²) >= 11 is 0. The van der Waals surface area contributed by atoms with Crippen molar-refractivity contribution in [3.05, 3.63) is 57.6 Å². The summed E-state index contributed by atoms with van der Waals surface area (Å²) in [6.07, 6.45) is 0. The predicted octanol–water partition coefficient (Wildman–Crippen LogP) is 1.71. The zero-order valence-electron chi connectivity index (χ0n) is 16.2. The summed E-state index contributed by atoms with van der Waals surface area (Å²) in [7, 11) is 0. The zero-order valence-corrected chi connectivity index (χ0v) is 18.2. The minimum absolute atomic E-state index is 0. The molecule has 0 amide bonds. The first-order chi connectivity index (χ1) is 11.4. The van der Waals surface area contributed by atoms with Gasteiger partial charge >= 0.3 is 0 Å². The van der Waals surface area contributed by atoms with Crippen molar-refractivity contribution in [3.8, 4) is 11.5 Å². The monoisotopic (exact) mass is 456 g/mol. The van der Waals surface area contributed by atoms with E-state index in [1.807, 2.05) is 52.0 Å². The van der Waals surface area contributed by atoms with E-state index < -0.39 is 0 Å². The van der Waals surface area contributed by atoms with Gasteiger partial charge in [0.1, 0.15) is 0 Å². The molecule has 27 heavy (non-hydrogen) atoms. The van der Waals surface area contributed by atoms with Crippen LogP contribution >= 0.6 is 0 Å². The Morgan fingerprint density at radius 1 is 0.667 bits per heavy atom. The van der Waals surface area contributed by atoms with E-state index in [2.05, 4.69) is 10.6 Å². The van der Waals surface area contributed by atoms with E-state index in [4.69, 9.17) is 0 Å². The van der Waals surface area contributed by atoms with Crippen LogP contribution in [0.3, 0.4) is 0 Å². The molecule has 0 aliphatic heterocycles. The Kier molecular flexibility index (Phi) is 13.2. The third kappa shape index (κ3) is 7.99. The largest absolute Gasteiger partial charge is 2.00 e. The molecule has 7 heteroatoms. The topological polar surface area (TPSA) is 127 Å². The molecule has 0 aromatic heterocycles. The molecule has 2 aromatic carbocycles. The van der Waals surface area contributed by atoms with Crippen molar-refractivity contribution in [2.45, 2.75) is 40.8 Å². The van der Waals surface area contributed by atoms with Crippen LogP contribution in [0.4, 0.5) is 0 Å². The summed E-state index contributed by atoms with van der Waals surface area (Å²) in [4.78, 5) is 0. The quantitative estimate of drug-likeness (QED) is 0.488. The SMILES string of the molecule is Cc1cc(C)c([O-])c(CNCCNCc2cc(C)cc(C)c2[O-])c1.[Mo].[O-2].[O-2]. The normalized spacial score (nSPS) is 9.78. The van der Waals surface area contributed by atoms with E-state index in [1.54, 1.807) is 0 Å². The standard InChI is InChI=1S/C20H28N2O2.Mo.2O/c1-13-7-15(3)19(23)17(9-13)11-21-5-6-22-12-18-10-14(2)8-16(4)20(18)24;;;/h7-10,21-24H,5-6,11-12H2,1-4H3;;;/q;;2*-2/p-2. The Morgan fingerprint density at radius 2 is 1.00 bits per heavy atom. The number of benzene rings is 2. The molecule has 0 unspecified atom stereocenters. The first-order valence-corrected chi connectivity index (χ1v) is 8.34. The van der Waals surface area contributed by atoms with Gasteiger partial charge in [-0.3, -0.25) is 0 Å². The number of hydrogen-bond donors (Lipinski definition) is 2. The van der Waals surface area contributed by atoms with Crippen LogP contribution in [0.2, 0.25) is 0 Å². The van der Waals surface area contributed by atoms with Gasteiger partial charge < -0.3 is 31.8 Å². The molecule has 0 aliphatic rings. The van der Waals surface area contributed by atoms with Crippen LogP contribution in [0, 0.1) is 27.7 Å². The first-order valence-electron chi connectivity index (χ1n) is 8.34. The Balaban J connectivity index is 0. The molecule has 0 heterocycles. The second-order valence-electron chi connectivity index (χ2n) is 6.49. The molecule has 0 saturated carbocycles. The third-order valence-corrected chi connectivity index (χ3v) is 4.10. The molecular weight excluding hydrogens is 428 g/mol. The number of aryl methyl sites for hydroxylation is 4. The molecule has 6 nitrogen and oxygen atoms in total. The Morgan fingerprint density at radius 3 is 1.33 bits per heavy atom. The summed E-state index contributed by atoms with van der Waals surface area (Å²) in [5.74, 6) is 0.236. The van der Waals surface area contributed by atoms with Crippen LogP contribution in [-0.2, 0) is 45.1 Å². The van der Waals surface area contributed by atoms with Crippen molar-refractivity contribution < 1.29 is 42.2 Å². The molecule has 0 atom stereocenters. The van der Waals surface area contributed by atoms with Crippen molar-refractivity contribution >= 4 is 0 Å². The molecule has 0 radical (unpaired) electrons. The van der Waals surface area contributed by atoms with Crippen LogP contribution in [0.5, 0.6) is 11.5 Å².